The third-order valence-corrected chi connectivity index (χ3v) is 27.6. The van der Waals surface area contributed by atoms with Gasteiger partial charge in [0.2, 0.25) is 8.32 Å². The van der Waals surface area contributed by atoms with Crippen LogP contribution in [0.2, 0.25) is 18.1 Å². The molecule has 1 unspecified atom stereocenters. The maximum absolute atomic E-state index is 16.0. The van der Waals surface area contributed by atoms with Gasteiger partial charge in [0.15, 0.2) is 17.0 Å². The number of fused-ring (bicyclic) bond motifs is 5. The van der Waals surface area contributed by atoms with Gasteiger partial charge in [0.1, 0.15) is 23.7 Å². The van der Waals surface area contributed by atoms with Crippen molar-refractivity contribution in [3.05, 3.63) is 210 Å². The van der Waals surface area contributed by atoms with Crippen molar-refractivity contribution in [1.82, 2.24) is 0 Å². The second kappa shape index (κ2) is 21.9. The van der Waals surface area contributed by atoms with E-state index in [-0.39, 0.29) is 5.04 Å². The van der Waals surface area contributed by atoms with E-state index in [4.69, 9.17) is 28.1 Å². The van der Waals surface area contributed by atoms with Crippen molar-refractivity contribution in [1.29, 1.82) is 0 Å². The monoisotopic (exact) mass is 1160 g/mol. The maximum Gasteiger partial charge on any atom is 0.542 e. The summed E-state index contributed by atoms with van der Waals surface area (Å²) in [5, 5.41) is 8.72. The molecule has 13 rings (SSSR count). The lowest BCUT2D eigenvalue weighted by Gasteiger charge is -2.42. The van der Waals surface area contributed by atoms with E-state index in [1.165, 1.54) is 12.8 Å². The van der Waals surface area contributed by atoms with Gasteiger partial charge < -0.3 is 23.5 Å². The standard InChI is InChI=1S/C72H76O8P2Si/c1-68(2,3)83(6,7)78-61-42-43-64(65(48-61)81(62-30-10-8-11-31-62)63-32-12-9-13-33-63)75-72(82(73)74)79-70(57-38-34-49-22-14-18-26-53(49)44-57,58-39-35-50-23-15-19-27-54(50)45-58)66-67(77-69(4,5)76-66)71(80-72,59-40-36-51-24-16-20-28-55(51)46-59)60-41-37-52-25-17-21-29-56(52)47-60/h14-29,34-48,62-63,66-67H,8-13,30-33H2,1-7H3/t66-,67-/m1/s1. The summed E-state index contributed by atoms with van der Waals surface area (Å²) in [6, 6.07) is 64.1. The van der Waals surface area contributed by atoms with Crippen LogP contribution in [0.1, 0.15) is 121 Å². The zero-order valence-electron chi connectivity index (χ0n) is 48.9. The van der Waals surface area contributed by atoms with E-state index >= 15 is 9.46 Å². The highest BCUT2D eigenvalue weighted by molar-refractivity contribution is 7.67. The van der Waals surface area contributed by atoms with E-state index < -0.39 is 59.2 Å². The van der Waals surface area contributed by atoms with Crippen molar-refractivity contribution in [3.8, 4) is 11.5 Å². The van der Waals surface area contributed by atoms with Crippen LogP contribution in [0.25, 0.3) is 43.1 Å². The molecule has 11 heteroatoms. The summed E-state index contributed by atoms with van der Waals surface area (Å²) in [6.45, 7) is 15.2. The maximum atomic E-state index is 16.0. The van der Waals surface area contributed by atoms with Crippen LogP contribution in [0, 0.1) is 0 Å². The van der Waals surface area contributed by atoms with Gasteiger partial charge in [0, 0.05) is 5.30 Å². The first-order valence-electron chi connectivity index (χ1n) is 30.1. The molecule has 426 valence electrons. The molecule has 0 bridgehead atoms. The number of rotatable bonds is 12. The molecule has 0 aromatic heterocycles. The van der Waals surface area contributed by atoms with Crippen LogP contribution in [0.15, 0.2) is 188 Å². The Bertz CT molecular complexity index is 3540. The van der Waals surface area contributed by atoms with Gasteiger partial charge >= 0.3 is 13.7 Å². The second-order valence-electron chi connectivity index (χ2n) is 25.8. The largest absolute Gasteiger partial charge is 0.588 e. The van der Waals surface area contributed by atoms with Gasteiger partial charge in [-0.2, -0.15) is 0 Å². The highest BCUT2D eigenvalue weighted by Gasteiger charge is 2.74. The van der Waals surface area contributed by atoms with E-state index in [0.717, 1.165) is 106 Å². The molecule has 9 aromatic rings. The molecule has 8 nitrogen and oxygen atoms in total. The van der Waals surface area contributed by atoms with Crippen molar-refractivity contribution in [3.63, 3.8) is 0 Å². The van der Waals surface area contributed by atoms with Gasteiger partial charge in [0.25, 0.3) is 0 Å². The first kappa shape index (κ1) is 56.3. The topological polar surface area (TPSA) is 95.5 Å². The normalized spacial score (nSPS) is 21.2. The molecule has 4 fully saturated rings. The summed E-state index contributed by atoms with van der Waals surface area (Å²) in [5.74, 6) is -0.0629. The first-order valence-corrected chi connectivity index (χ1v) is 35.7. The van der Waals surface area contributed by atoms with Crippen LogP contribution in [-0.2, 0) is 34.7 Å². The molecular weight excluding hydrogens is 1080 g/mol. The third-order valence-electron chi connectivity index (χ3n) is 19.0. The van der Waals surface area contributed by atoms with Crippen molar-refractivity contribution in [2.45, 2.75) is 163 Å². The van der Waals surface area contributed by atoms with Gasteiger partial charge in [-0.25, -0.2) is 0 Å². The molecule has 83 heavy (non-hydrogen) atoms. The lowest BCUT2D eigenvalue weighted by atomic mass is 9.71. The highest BCUT2D eigenvalue weighted by Crippen LogP contribution is 2.64. The summed E-state index contributed by atoms with van der Waals surface area (Å²) >= 11 is 0. The van der Waals surface area contributed by atoms with Crippen molar-refractivity contribution in [2.75, 3.05) is 0 Å². The Morgan fingerprint density at radius 2 is 0.867 bits per heavy atom. The van der Waals surface area contributed by atoms with E-state index in [9.17, 15) is 0 Å². The fraction of sp³-hybridized carbons (Fsp3) is 0.361. The van der Waals surface area contributed by atoms with E-state index in [2.05, 4.69) is 161 Å². The average molecular weight is 1160 g/mol. The molecule has 0 N–H and O–H groups in total. The molecule has 2 aliphatic carbocycles. The Morgan fingerprint density at radius 1 is 0.506 bits per heavy atom. The molecule has 9 aromatic carbocycles. The van der Waals surface area contributed by atoms with Gasteiger partial charge in [-0.05, 0) is 177 Å². The lowest BCUT2D eigenvalue weighted by molar-refractivity contribution is -0.373. The van der Waals surface area contributed by atoms with Gasteiger partial charge in [-0.3, -0.25) is 9.47 Å². The summed E-state index contributed by atoms with van der Waals surface area (Å²) in [5.41, 5.74) is -3.16. The zero-order chi connectivity index (χ0) is 57.4. The Kier molecular flexibility index (Phi) is 14.9. The summed E-state index contributed by atoms with van der Waals surface area (Å²) < 4.78 is 62.6. The molecule has 2 aliphatic heterocycles. The van der Waals surface area contributed by atoms with Gasteiger partial charge in [0.05, 0.1) is 0 Å². The quantitative estimate of drug-likeness (QED) is 0.0882. The fourth-order valence-corrected chi connectivity index (χ4v) is 19.3. The Labute approximate surface area is 492 Å². The third kappa shape index (κ3) is 10.3. The van der Waals surface area contributed by atoms with Crippen LogP contribution in [-0.4, -0.2) is 43.3 Å². The smallest absolute Gasteiger partial charge is 0.542 e. The minimum absolute atomic E-state index is 0.0761. The Balaban J connectivity index is 1.15. The van der Waals surface area contributed by atoms with E-state index in [1.54, 1.807) is 0 Å². The highest BCUT2D eigenvalue weighted by atomic mass is 31.1. The first-order chi connectivity index (χ1) is 40.0. The average Bonchev–Trinajstić information content (AvgIpc) is 1.90. The van der Waals surface area contributed by atoms with Gasteiger partial charge in [-0.15, -0.1) is 0 Å². The number of benzene rings is 9. The van der Waals surface area contributed by atoms with E-state index in [0.29, 0.717) is 39.3 Å². The van der Waals surface area contributed by atoms with Crippen molar-refractivity contribution in [2.24, 2.45) is 0 Å². The zero-order valence-corrected chi connectivity index (χ0v) is 51.7. The molecule has 3 atom stereocenters. The molecule has 2 saturated carbocycles. The van der Waals surface area contributed by atoms with Gasteiger partial charge in [-0.1, -0.05) is 217 Å². The van der Waals surface area contributed by atoms with Crippen LogP contribution >= 0.6 is 15.9 Å². The van der Waals surface area contributed by atoms with E-state index in [1.807, 2.05) is 74.5 Å². The molecule has 2 saturated heterocycles. The number of ether oxygens (including phenoxy) is 5. The molecule has 0 spiro atoms. The van der Waals surface area contributed by atoms with Crippen molar-refractivity contribution < 1.29 is 37.6 Å². The molecule has 0 amide bonds. The summed E-state index contributed by atoms with van der Waals surface area (Å²) in [4.78, 5) is 16.0. The Morgan fingerprint density at radius 3 is 1.22 bits per heavy atom. The molecule has 4 aliphatic rings. The van der Waals surface area contributed by atoms with Crippen LogP contribution in [0.3, 0.4) is 0 Å². The fourth-order valence-electron chi connectivity index (χ4n) is 13.8. The van der Waals surface area contributed by atoms with Crippen LogP contribution in [0.4, 0.5) is 0 Å². The van der Waals surface area contributed by atoms with Crippen molar-refractivity contribution >= 4 is 72.7 Å². The summed E-state index contributed by atoms with van der Waals surface area (Å²) in [6.07, 6.45) is 9.28. The van der Waals surface area contributed by atoms with Crippen LogP contribution in [0.5, 0.6) is 11.5 Å². The van der Waals surface area contributed by atoms with Crippen LogP contribution < -0.4 is 19.4 Å². The SMILES string of the molecule is CC1(C)O[C@@H]2[C@@H](O1)C(c1ccc3ccccc3c1)(c1ccc3ccccc3c1)OC(Oc1ccc(O[Si](C)(C)C(C)(C)C)cc1P(C1CCCCC1)C1CCCCC1)([P+](=O)[O-])OC2(c1ccc2ccccc2c1)c1ccc2ccccc2c1. The minimum atomic E-state index is -3.90. The lowest BCUT2D eigenvalue weighted by Crippen LogP contribution is -2.53. The summed E-state index contributed by atoms with van der Waals surface area (Å²) in [7, 11) is -7.23. The molecule has 2 heterocycles. The predicted molar refractivity (Wildman–Crippen MR) is 339 cm³/mol. The Hall–Kier alpha value is -5.83. The second-order valence-corrected chi connectivity index (χ2v) is 34.3. The number of hydrogen-bond acceptors (Lipinski definition) is 8. The number of hydrogen-bond donors (Lipinski definition) is 0. The molecular formula is C72H76O8P2Si. The minimum Gasteiger partial charge on any atom is -0.588 e. The predicted octanol–water partition coefficient (Wildman–Crippen LogP) is 18.0. The molecule has 0 radical (unpaired) electrons.